The van der Waals surface area contributed by atoms with Gasteiger partial charge in [-0.25, -0.2) is 13.8 Å². The largest absolute Gasteiger partial charge is 0.339 e. The van der Waals surface area contributed by atoms with Gasteiger partial charge in [-0.3, -0.25) is 4.79 Å². The van der Waals surface area contributed by atoms with Crippen molar-refractivity contribution in [3.05, 3.63) is 52.2 Å². The van der Waals surface area contributed by atoms with Crippen LogP contribution >= 0.6 is 11.3 Å². The summed E-state index contributed by atoms with van der Waals surface area (Å²) in [6.07, 6.45) is 1.56. The van der Waals surface area contributed by atoms with Gasteiger partial charge < -0.3 is 9.42 Å². The van der Waals surface area contributed by atoms with Crippen molar-refractivity contribution < 1.29 is 18.1 Å². The Kier molecular flexibility index (Phi) is 4.46. The molecule has 3 aromatic rings. The molecule has 26 heavy (non-hydrogen) atoms. The van der Waals surface area contributed by atoms with Crippen molar-refractivity contribution in [2.45, 2.75) is 18.8 Å². The molecule has 0 spiro atoms. The first-order valence-corrected chi connectivity index (χ1v) is 9.02. The number of nitrogens with zero attached hydrogens (tertiary/aromatic N) is 4. The first kappa shape index (κ1) is 16.8. The Labute approximate surface area is 151 Å². The van der Waals surface area contributed by atoms with Crippen molar-refractivity contribution >= 4 is 17.2 Å². The summed E-state index contributed by atoms with van der Waals surface area (Å²) >= 11 is 1.44. The van der Waals surface area contributed by atoms with Crippen LogP contribution in [0, 0.1) is 11.6 Å². The summed E-state index contributed by atoms with van der Waals surface area (Å²) in [6.45, 7) is 0.929. The number of likely N-dealkylation sites (tertiary alicyclic amines) is 1. The fourth-order valence-corrected chi connectivity index (χ4v) is 3.53. The van der Waals surface area contributed by atoms with E-state index in [9.17, 15) is 13.6 Å². The zero-order valence-electron chi connectivity index (χ0n) is 13.6. The predicted molar refractivity (Wildman–Crippen MR) is 89.6 cm³/mol. The zero-order valence-corrected chi connectivity index (χ0v) is 14.4. The zero-order chi connectivity index (χ0) is 18.1. The van der Waals surface area contributed by atoms with Crippen LogP contribution in [0.2, 0.25) is 0 Å². The molecule has 1 fully saturated rings. The van der Waals surface area contributed by atoms with Gasteiger partial charge in [-0.2, -0.15) is 4.98 Å². The van der Waals surface area contributed by atoms with Crippen molar-refractivity contribution in [3.8, 4) is 11.5 Å². The highest BCUT2D eigenvalue weighted by Gasteiger charge is 2.29. The van der Waals surface area contributed by atoms with Gasteiger partial charge >= 0.3 is 0 Å². The predicted octanol–water partition coefficient (Wildman–Crippen LogP) is 3.49. The minimum atomic E-state index is -1.03. The highest BCUT2D eigenvalue weighted by molar-refractivity contribution is 7.07. The average molecular weight is 376 g/mol. The molecule has 4 rings (SSSR count). The standard InChI is InChI=1S/C17H14F2N4O2S/c18-12-4-3-10(6-13(12)19)17(24)23-5-1-2-11(7-23)16-21-15(22-25-16)14-8-26-9-20-14/h3-4,6,8-9,11H,1-2,5,7H2/t11-/m0/s1. The van der Waals surface area contributed by atoms with E-state index >= 15 is 0 Å². The van der Waals surface area contributed by atoms with Crippen LogP contribution in [-0.4, -0.2) is 39.0 Å². The number of hydrogen-bond donors (Lipinski definition) is 0. The lowest BCUT2D eigenvalue weighted by Crippen LogP contribution is -2.39. The van der Waals surface area contributed by atoms with Crippen LogP contribution in [0.5, 0.6) is 0 Å². The molecular formula is C17H14F2N4O2S. The fourth-order valence-electron chi connectivity index (χ4n) is 3.00. The van der Waals surface area contributed by atoms with Crippen molar-refractivity contribution in [2.75, 3.05) is 13.1 Å². The third kappa shape index (κ3) is 3.22. The molecule has 1 amide bonds. The normalized spacial score (nSPS) is 17.5. The number of carbonyl (C=O) groups is 1. The second-order valence-corrected chi connectivity index (χ2v) is 6.77. The van der Waals surface area contributed by atoms with Gasteiger partial charge in [0.05, 0.1) is 11.4 Å². The molecule has 1 aromatic carbocycles. The van der Waals surface area contributed by atoms with E-state index in [4.69, 9.17) is 4.52 Å². The SMILES string of the molecule is O=C(c1ccc(F)c(F)c1)N1CCC[C@H](c2nc(-c3cscn3)no2)C1. The first-order valence-electron chi connectivity index (χ1n) is 8.08. The van der Waals surface area contributed by atoms with E-state index < -0.39 is 11.6 Å². The number of carbonyl (C=O) groups excluding carboxylic acids is 1. The third-order valence-corrected chi connectivity index (χ3v) is 4.91. The maximum Gasteiger partial charge on any atom is 0.253 e. The summed E-state index contributed by atoms with van der Waals surface area (Å²) in [7, 11) is 0. The van der Waals surface area contributed by atoms with Gasteiger partial charge in [0.25, 0.3) is 5.91 Å². The van der Waals surface area contributed by atoms with Crippen LogP contribution in [0.25, 0.3) is 11.5 Å². The van der Waals surface area contributed by atoms with Crippen molar-refractivity contribution in [1.29, 1.82) is 0 Å². The molecule has 1 saturated heterocycles. The van der Waals surface area contributed by atoms with Gasteiger partial charge in [-0.15, -0.1) is 11.3 Å². The van der Waals surface area contributed by atoms with Crippen molar-refractivity contribution in [1.82, 2.24) is 20.0 Å². The van der Waals surface area contributed by atoms with Crippen LogP contribution in [0.4, 0.5) is 8.78 Å². The molecule has 0 unspecified atom stereocenters. The maximum atomic E-state index is 13.4. The Morgan fingerprint density at radius 1 is 1.31 bits per heavy atom. The Bertz CT molecular complexity index is 929. The van der Waals surface area contributed by atoms with Crippen LogP contribution in [0.1, 0.15) is 35.0 Å². The maximum absolute atomic E-state index is 13.4. The van der Waals surface area contributed by atoms with Crippen LogP contribution in [0.3, 0.4) is 0 Å². The lowest BCUT2D eigenvalue weighted by molar-refractivity contribution is 0.0695. The smallest absolute Gasteiger partial charge is 0.253 e. The van der Waals surface area contributed by atoms with Crippen molar-refractivity contribution in [3.63, 3.8) is 0 Å². The van der Waals surface area contributed by atoms with E-state index in [0.29, 0.717) is 30.5 Å². The summed E-state index contributed by atoms with van der Waals surface area (Å²) in [6, 6.07) is 3.17. The van der Waals surface area contributed by atoms with E-state index in [-0.39, 0.29) is 17.4 Å². The molecule has 9 heteroatoms. The van der Waals surface area contributed by atoms with Crippen molar-refractivity contribution in [2.24, 2.45) is 0 Å². The summed E-state index contributed by atoms with van der Waals surface area (Å²) in [5.41, 5.74) is 2.46. The van der Waals surface area contributed by atoms with Crippen LogP contribution in [-0.2, 0) is 0 Å². The molecule has 2 aromatic heterocycles. The molecule has 0 aliphatic carbocycles. The lowest BCUT2D eigenvalue weighted by atomic mass is 9.97. The number of benzene rings is 1. The molecule has 134 valence electrons. The molecule has 3 heterocycles. The minimum absolute atomic E-state index is 0.0992. The molecule has 6 nitrogen and oxygen atoms in total. The van der Waals surface area contributed by atoms with E-state index in [1.165, 1.54) is 17.4 Å². The number of piperidine rings is 1. The van der Waals surface area contributed by atoms with Gasteiger partial charge in [0.2, 0.25) is 11.7 Å². The third-order valence-electron chi connectivity index (χ3n) is 4.33. The van der Waals surface area contributed by atoms with Crippen LogP contribution in [0.15, 0.2) is 33.6 Å². The number of amides is 1. The number of aromatic nitrogens is 3. The number of thiazole rings is 1. The molecule has 1 aliphatic heterocycles. The van der Waals surface area contributed by atoms with Gasteiger partial charge in [0.1, 0.15) is 5.69 Å². The number of hydrogen-bond acceptors (Lipinski definition) is 6. The molecule has 0 radical (unpaired) electrons. The highest BCUT2D eigenvalue weighted by Crippen LogP contribution is 2.28. The molecule has 0 N–H and O–H groups in total. The molecule has 0 bridgehead atoms. The molecule has 1 aliphatic rings. The van der Waals surface area contributed by atoms with Gasteiger partial charge in [0, 0.05) is 24.0 Å². The minimum Gasteiger partial charge on any atom is -0.339 e. The summed E-state index contributed by atoms with van der Waals surface area (Å²) < 4.78 is 31.8. The topological polar surface area (TPSA) is 72.1 Å². The van der Waals surface area contributed by atoms with Gasteiger partial charge in [-0.1, -0.05) is 5.16 Å². The monoisotopic (exact) mass is 376 g/mol. The average Bonchev–Trinajstić information content (AvgIpc) is 3.35. The van der Waals surface area contributed by atoms with E-state index in [1.54, 1.807) is 10.4 Å². The highest BCUT2D eigenvalue weighted by atomic mass is 32.1. The second-order valence-electron chi connectivity index (χ2n) is 6.05. The molecular weight excluding hydrogens is 362 g/mol. The summed E-state index contributed by atoms with van der Waals surface area (Å²) in [5.74, 6) is -1.57. The second kappa shape index (κ2) is 6.91. The Balaban J connectivity index is 1.50. The quantitative estimate of drug-likeness (QED) is 0.700. The molecule has 0 saturated carbocycles. The fraction of sp³-hybridized carbons (Fsp3) is 0.294. The first-order chi connectivity index (χ1) is 12.6. The van der Waals surface area contributed by atoms with E-state index in [1.807, 2.05) is 5.38 Å². The number of halogens is 2. The van der Waals surface area contributed by atoms with Gasteiger partial charge in [-0.05, 0) is 31.0 Å². The summed E-state index contributed by atoms with van der Waals surface area (Å²) in [4.78, 5) is 22.7. The van der Waals surface area contributed by atoms with Crippen LogP contribution < -0.4 is 0 Å². The Hall–Kier alpha value is -2.68. The number of rotatable bonds is 3. The van der Waals surface area contributed by atoms with Gasteiger partial charge in [0.15, 0.2) is 11.6 Å². The Morgan fingerprint density at radius 3 is 2.96 bits per heavy atom. The molecule has 1 atom stereocenters. The Morgan fingerprint density at radius 2 is 2.19 bits per heavy atom. The lowest BCUT2D eigenvalue weighted by Gasteiger charge is -2.31. The summed E-state index contributed by atoms with van der Waals surface area (Å²) in [5, 5.41) is 5.77. The van der Waals surface area contributed by atoms with E-state index in [0.717, 1.165) is 25.0 Å². The van der Waals surface area contributed by atoms with E-state index in [2.05, 4.69) is 15.1 Å².